The lowest BCUT2D eigenvalue weighted by Gasteiger charge is -2.41. The van der Waals surface area contributed by atoms with Gasteiger partial charge >= 0.3 is 0 Å². The van der Waals surface area contributed by atoms with Crippen LogP contribution in [0.2, 0.25) is 18.1 Å². The molecule has 7 heteroatoms. The largest absolute Gasteiger partial charge is 0.485 e. The first-order valence-corrected chi connectivity index (χ1v) is 13.4. The van der Waals surface area contributed by atoms with E-state index in [0.717, 1.165) is 5.56 Å². The number of pyridine rings is 1. The molecule has 2 atom stereocenters. The van der Waals surface area contributed by atoms with Gasteiger partial charge in [0, 0.05) is 17.8 Å². The zero-order chi connectivity index (χ0) is 23.0. The van der Waals surface area contributed by atoms with Crippen molar-refractivity contribution in [1.82, 2.24) is 4.98 Å². The second-order valence-corrected chi connectivity index (χ2v) is 14.9. The van der Waals surface area contributed by atoms with E-state index in [1.165, 1.54) is 0 Å². The Kier molecular flexibility index (Phi) is 6.20. The summed E-state index contributed by atoms with van der Waals surface area (Å²) in [6, 6.07) is 11.0. The molecule has 0 fully saturated rings. The van der Waals surface area contributed by atoms with Gasteiger partial charge in [0.2, 0.25) is 5.88 Å². The van der Waals surface area contributed by atoms with Crippen LogP contribution in [-0.2, 0) is 11.0 Å². The van der Waals surface area contributed by atoms with Gasteiger partial charge in [-0.25, -0.2) is 4.98 Å². The third-order valence-electron chi connectivity index (χ3n) is 6.27. The van der Waals surface area contributed by atoms with Gasteiger partial charge in [-0.05, 0) is 61.8 Å². The van der Waals surface area contributed by atoms with Gasteiger partial charge in [-0.15, -0.1) is 0 Å². The summed E-state index contributed by atoms with van der Waals surface area (Å²) in [6.07, 6.45) is 0.109. The fourth-order valence-corrected chi connectivity index (χ4v) is 4.08. The number of rotatable bonds is 5. The molecule has 1 aliphatic heterocycles. The smallest absolute Gasteiger partial charge is 0.213 e. The Bertz CT molecular complexity index is 975. The Morgan fingerprint density at radius 1 is 1.23 bits per heavy atom. The molecule has 2 heterocycles. The first-order chi connectivity index (χ1) is 14.3. The molecule has 1 aromatic heterocycles. The standard InChI is InChI=1S/C24H32N2O4Si/c1-23(2,3)31(6,7)28-15-17-9-11-20(26-14-17)29-21-18-12-16(13-25)8-10-19(18)30-24(4,5)22(21)27/h8-12,14,21-22,27H,15H2,1-7H3/t21-,22+/m0/s1. The average Bonchev–Trinajstić information content (AvgIpc) is 2.69. The molecule has 2 aromatic rings. The molecular formula is C24H32N2O4Si. The Morgan fingerprint density at radius 3 is 2.52 bits per heavy atom. The minimum absolute atomic E-state index is 0.144. The Balaban J connectivity index is 1.79. The van der Waals surface area contributed by atoms with E-state index in [0.29, 0.717) is 29.4 Å². The van der Waals surface area contributed by atoms with Gasteiger partial charge in [0.25, 0.3) is 0 Å². The molecule has 166 valence electrons. The van der Waals surface area contributed by atoms with Crippen LogP contribution in [0.1, 0.15) is 57.4 Å². The monoisotopic (exact) mass is 440 g/mol. The van der Waals surface area contributed by atoms with Crippen LogP contribution in [0.5, 0.6) is 11.6 Å². The zero-order valence-corrected chi connectivity index (χ0v) is 20.4. The molecule has 31 heavy (non-hydrogen) atoms. The average molecular weight is 441 g/mol. The lowest BCUT2D eigenvalue weighted by molar-refractivity contribution is -0.104. The van der Waals surface area contributed by atoms with Crippen LogP contribution in [0, 0.1) is 11.3 Å². The number of aliphatic hydroxyl groups excluding tert-OH is 1. The van der Waals surface area contributed by atoms with E-state index in [9.17, 15) is 10.4 Å². The van der Waals surface area contributed by atoms with Gasteiger partial charge in [-0.1, -0.05) is 20.8 Å². The van der Waals surface area contributed by atoms with Crippen molar-refractivity contribution in [2.75, 3.05) is 0 Å². The topological polar surface area (TPSA) is 84.6 Å². The maximum Gasteiger partial charge on any atom is 0.213 e. The highest BCUT2D eigenvalue weighted by molar-refractivity contribution is 6.74. The quantitative estimate of drug-likeness (QED) is 0.649. The fraction of sp³-hybridized carbons (Fsp3) is 0.500. The van der Waals surface area contributed by atoms with E-state index in [4.69, 9.17) is 13.9 Å². The molecule has 0 saturated heterocycles. The molecule has 0 saturated carbocycles. The second kappa shape index (κ2) is 8.27. The number of fused-ring (bicyclic) bond motifs is 1. The summed E-state index contributed by atoms with van der Waals surface area (Å²) < 4.78 is 18.3. The first-order valence-electron chi connectivity index (χ1n) is 10.5. The molecule has 3 rings (SSSR count). The maximum absolute atomic E-state index is 10.9. The lowest BCUT2D eigenvalue weighted by atomic mass is 9.87. The summed E-state index contributed by atoms with van der Waals surface area (Å²) in [5.74, 6) is 0.991. The number of aliphatic hydroxyl groups is 1. The van der Waals surface area contributed by atoms with Crippen molar-refractivity contribution in [3.05, 3.63) is 53.2 Å². The van der Waals surface area contributed by atoms with Crippen LogP contribution in [0.25, 0.3) is 0 Å². The number of benzene rings is 1. The fourth-order valence-electron chi connectivity index (χ4n) is 3.12. The third kappa shape index (κ3) is 4.92. The van der Waals surface area contributed by atoms with Crippen molar-refractivity contribution in [2.45, 2.75) is 77.2 Å². The molecule has 0 amide bonds. The Morgan fingerprint density at radius 2 is 1.94 bits per heavy atom. The number of nitriles is 1. The Labute approximate surface area is 185 Å². The van der Waals surface area contributed by atoms with Crippen molar-refractivity contribution in [3.8, 4) is 17.7 Å². The van der Waals surface area contributed by atoms with Crippen molar-refractivity contribution < 1.29 is 19.0 Å². The van der Waals surface area contributed by atoms with Crippen LogP contribution in [0.3, 0.4) is 0 Å². The van der Waals surface area contributed by atoms with Crippen LogP contribution < -0.4 is 9.47 Å². The summed E-state index contributed by atoms with van der Waals surface area (Å²) in [7, 11) is -1.84. The van der Waals surface area contributed by atoms with Crippen molar-refractivity contribution in [3.63, 3.8) is 0 Å². The van der Waals surface area contributed by atoms with Crippen molar-refractivity contribution in [1.29, 1.82) is 5.26 Å². The van der Waals surface area contributed by atoms with Gasteiger partial charge in [0.15, 0.2) is 14.4 Å². The van der Waals surface area contributed by atoms with Gasteiger partial charge < -0.3 is 19.0 Å². The molecule has 0 radical (unpaired) electrons. The van der Waals surface area contributed by atoms with Crippen LogP contribution in [-0.4, -0.2) is 30.1 Å². The number of nitrogens with zero attached hydrogens (tertiary/aromatic N) is 2. The van der Waals surface area contributed by atoms with E-state index in [1.807, 2.05) is 19.9 Å². The molecule has 6 nitrogen and oxygen atoms in total. The molecule has 0 aliphatic carbocycles. The van der Waals surface area contributed by atoms with Gasteiger partial charge in [-0.2, -0.15) is 5.26 Å². The number of aromatic nitrogens is 1. The SMILES string of the molecule is CC1(C)Oc2ccc(C#N)cc2[C@H](Oc2ccc(CO[Si](C)(C)C(C)(C)C)cn2)[C@H]1O. The van der Waals surface area contributed by atoms with Crippen LogP contribution in [0.4, 0.5) is 0 Å². The molecule has 1 aliphatic rings. The molecule has 1 aromatic carbocycles. The molecule has 0 spiro atoms. The summed E-state index contributed by atoms with van der Waals surface area (Å²) in [6.45, 7) is 15.2. The minimum atomic E-state index is -1.84. The highest BCUT2D eigenvalue weighted by Gasteiger charge is 2.44. The highest BCUT2D eigenvalue weighted by Crippen LogP contribution is 2.42. The van der Waals surface area contributed by atoms with E-state index < -0.39 is 26.1 Å². The summed E-state index contributed by atoms with van der Waals surface area (Å²) in [5.41, 5.74) is 1.24. The van der Waals surface area contributed by atoms with E-state index in [2.05, 4.69) is 44.9 Å². The van der Waals surface area contributed by atoms with Crippen LogP contribution >= 0.6 is 0 Å². The van der Waals surface area contributed by atoms with Gasteiger partial charge in [0.1, 0.15) is 17.5 Å². The predicted octanol–water partition coefficient (Wildman–Crippen LogP) is 5.13. The molecular weight excluding hydrogens is 408 g/mol. The van der Waals surface area contributed by atoms with E-state index in [1.54, 1.807) is 30.5 Å². The third-order valence-corrected chi connectivity index (χ3v) is 10.7. The first kappa shape index (κ1) is 23.3. The normalized spacial score (nSPS) is 20.4. The molecule has 0 unspecified atom stereocenters. The number of ether oxygens (including phenoxy) is 2. The second-order valence-electron chi connectivity index (χ2n) is 10.1. The number of hydrogen-bond acceptors (Lipinski definition) is 6. The molecule has 0 bridgehead atoms. The number of hydrogen-bond donors (Lipinski definition) is 1. The van der Waals surface area contributed by atoms with E-state index in [-0.39, 0.29) is 5.04 Å². The zero-order valence-electron chi connectivity index (χ0n) is 19.4. The van der Waals surface area contributed by atoms with Gasteiger partial charge in [-0.3, -0.25) is 0 Å². The summed E-state index contributed by atoms with van der Waals surface area (Å²) in [5, 5.41) is 20.3. The lowest BCUT2D eigenvalue weighted by Crippen LogP contribution is -2.50. The summed E-state index contributed by atoms with van der Waals surface area (Å²) >= 11 is 0. The molecule has 1 N–H and O–H groups in total. The van der Waals surface area contributed by atoms with Gasteiger partial charge in [0.05, 0.1) is 18.2 Å². The van der Waals surface area contributed by atoms with Crippen LogP contribution in [0.15, 0.2) is 36.5 Å². The van der Waals surface area contributed by atoms with E-state index >= 15 is 0 Å². The van der Waals surface area contributed by atoms with Crippen molar-refractivity contribution >= 4 is 8.32 Å². The Hall–Kier alpha value is -2.40. The predicted molar refractivity (Wildman–Crippen MR) is 121 cm³/mol. The van der Waals surface area contributed by atoms with Crippen molar-refractivity contribution in [2.24, 2.45) is 0 Å². The highest BCUT2D eigenvalue weighted by atomic mass is 28.4. The maximum atomic E-state index is 10.9. The minimum Gasteiger partial charge on any atom is -0.485 e. The summed E-state index contributed by atoms with van der Waals surface area (Å²) in [4.78, 5) is 4.43.